The summed E-state index contributed by atoms with van der Waals surface area (Å²) in [5, 5.41) is 2.77. The third kappa shape index (κ3) is 3.23. The van der Waals surface area contributed by atoms with Gasteiger partial charge in [0.2, 0.25) is 0 Å². The van der Waals surface area contributed by atoms with Crippen LogP contribution in [0.15, 0.2) is 42.5 Å². The van der Waals surface area contributed by atoms with Crippen LogP contribution in [-0.2, 0) is 6.54 Å². The summed E-state index contributed by atoms with van der Waals surface area (Å²) >= 11 is 0. The lowest BCUT2D eigenvalue weighted by Crippen LogP contribution is -2.57. The SMILES string of the molecule is CCN1c2cc(C(=O)NCc3ccccc3F)ccc2C(=O)N2CCCC[C@H]21. The molecule has 2 amide bonds. The quantitative estimate of drug-likeness (QED) is 0.881. The van der Waals surface area contributed by atoms with E-state index in [1.165, 1.54) is 6.07 Å². The van der Waals surface area contributed by atoms with E-state index in [9.17, 15) is 14.0 Å². The average molecular weight is 381 g/mol. The van der Waals surface area contributed by atoms with E-state index >= 15 is 0 Å². The van der Waals surface area contributed by atoms with Gasteiger partial charge >= 0.3 is 0 Å². The third-order valence-electron chi connectivity index (χ3n) is 5.63. The Labute approximate surface area is 164 Å². The number of anilines is 1. The maximum absolute atomic E-state index is 13.8. The minimum absolute atomic E-state index is 0.0442. The van der Waals surface area contributed by atoms with Crippen molar-refractivity contribution in [2.24, 2.45) is 0 Å². The molecule has 6 heteroatoms. The van der Waals surface area contributed by atoms with Crippen molar-refractivity contribution in [2.75, 3.05) is 18.0 Å². The monoisotopic (exact) mass is 381 g/mol. The van der Waals surface area contributed by atoms with Gasteiger partial charge in [0.25, 0.3) is 11.8 Å². The molecule has 1 N–H and O–H groups in total. The molecular formula is C22H24FN3O2. The van der Waals surface area contributed by atoms with E-state index in [1.807, 2.05) is 4.90 Å². The van der Waals surface area contributed by atoms with Crippen LogP contribution in [0.1, 0.15) is 52.5 Å². The number of carbonyl (C=O) groups excluding carboxylic acids is 2. The summed E-state index contributed by atoms with van der Waals surface area (Å²) in [6, 6.07) is 11.6. The van der Waals surface area contributed by atoms with E-state index in [0.29, 0.717) is 16.7 Å². The van der Waals surface area contributed by atoms with Crippen molar-refractivity contribution in [1.82, 2.24) is 10.2 Å². The van der Waals surface area contributed by atoms with Crippen molar-refractivity contribution >= 4 is 17.5 Å². The molecule has 1 saturated heterocycles. The zero-order chi connectivity index (χ0) is 19.7. The molecular weight excluding hydrogens is 357 g/mol. The molecule has 0 unspecified atom stereocenters. The molecule has 2 aromatic rings. The van der Waals surface area contributed by atoms with Crippen molar-refractivity contribution in [3.05, 3.63) is 65.0 Å². The molecule has 0 aliphatic carbocycles. The van der Waals surface area contributed by atoms with Crippen molar-refractivity contribution in [3.63, 3.8) is 0 Å². The zero-order valence-electron chi connectivity index (χ0n) is 16.0. The van der Waals surface area contributed by atoms with Crippen LogP contribution in [0, 0.1) is 5.82 Å². The van der Waals surface area contributed by atoms with E-state index in [4.69, 9.17) is 0 Å². The van der Waals surface area contributed by atoms with Crippen LogP contribution < -0.4 is 10.2 Å². The van der Waals surface area contributed by atoms with E-state index in [1.54, 1.807) is 36.4 Å². The van der Waals surface area contributed by atoms with E-state index in [0.717, 1.165) is 38.0 Å². The van der Waals surface area contributed by atoms with Gasteiger partial charge in [-0.2, -0.15) is 0 Å². The molecule has 146 valence electrons. The van der Waals surface area contributed by atoms with Gasteiger partial charge in [0, 0.05) is 30.8 Å². The third-order valence-corrected chi connectivity index (χ3v) is 5.63. The molecule has 0 spiro atoms. The molecule has 1 atom stereocenters. The minimum Gasteiger partial charge on any atom is -0.351 e. The fraction of sp³-hybridized carbons (Fsp3) is 0.364. The summed E-state index contributed by atoms with van der Waals surface area (Å²) in [4.78, 5) is 29.7. The summed E-state index contributed by atoms with van der Waals surface area (Å²) in [6.07, 6.45) is 3.15. The fourth-order valence-corrected chi connectivity index (χ4v) is 4.18. The number of benzene rings is 2. The van der Waals surface area contributed by atoms with Gasteiger partial charge < -0.3 is 15.1 Å². The average Bonchev–Trinajstić information content (AvgIpc) is 2.73. The molecule has 2 aliphatic heterocycles. The van der Waals surface area contributed by atoms with Crippen LogP contribution in [0.2, 0.25) is 0 Å². The van der Waals surface area contributed by atoms with Crippen molar-refractivity contribution in [2.45, 2.75) is 38.9 Å². The maximum atomic E-state index is 13.8. The predicted octanol–water partition coefficient (Wildman–Crippen LogP) is 3.55. The highest BCUT2D eigenvalue weighted by molar-refractivity contribution is 6.04. The number of nitrogens with zero attached hydrogens (tertiary/aromatic N) is 2. The Bertz CT molecular complexity index is 914. The highest BCUT2D eigenvalue weighted by atomic mass is 19.1. The van der Waals surface area contributed by atoms with Gasteiger partial charge in [-0.25, -0.2) is 4.39 Å². The van der Waals surface area contributed by atoms with Crippen LogP contribution in [-0.4, -0.2) is 36.0 Å². The van der Waals surface area contributed by atoms with Crippen LogP contribution in [0.3, 0.4) is 0 Å². The normalized spacial score (nSPS) is 18.5. The minimum atomic E-state index is -0.339. The summed E-state index contributed by atoms with van der Waals surface area (Å²) in [7, 11) is 0. The summed E-state index contributed by atoms with van der Waals surface area (Å²) in [5.74, 6) is -0.572. The lowest BCUT2D eigenvalue weighted by atomic mass is 9.97. The second kappa shape index (κ2) is 7.62. The van der Waals surface area contributed by atoms with Gasteiger partial charge in [-0.05, 0) is 50.5 Å². The van der Waals surface area contributed by atoms with Gasteiger partial charge in [-0.15, -0.1) is 0 Å². The maximum Gasteiger partial charge on any atom is 0.257 e. The molecule has 0 saturated carbocycles. The zero-order valence-corrected chi connectivity index (χ0v) is 16.0. The first-order valence-corrected chi connectivity index (χ1v) is 9.83. The van der Waals surface area contributed by atoms with Crippen molar-refractivity contribution in [1.29, 1.82) is 0 Å². The van der Waals surface area contributed by atoms with Crippen LogP contribution in [0.4, 0.5) is 10.1 Å². The molecule has 4 rings (SSSR count). The standard InChI is InChI=1S/C22H24FN3O2/c1-2-25-19-13-15(21(27)24-14-16-7-3-4-8-18(16)23)10-11-17(19)22(28)26-12-6-5-9-20(25)26/h3-4,7-8,10-11,13,20H,2,5-6,9,12,14H2,1H3,(H,24,27)/t20-/m0/s1. The number of carbonyl (C=O) groups is 2. The van der Waals surface area contributed by atoms with E-state index in [2.05, 4.69) is 17.1 Å². The Hall–Kier alpha value is -2.89. The largest absolute Gasteiger partial charge is 0.351 e. The highest BCUT2D eigenvalue weighted by Crippen LogP contribution is 2.35. The molecule has 5 nitrogen and oxygen atoms in total. The smallest absolute Gasteiger partial charge is 0.257 e. The summed E-state index contributed by atoms with van der Waals surface area (Å²) in [6.45, 7) is 3.73. The summed E-state index contributed by atoms with van der Waals surface area (Å²) in [5.41, 5.74) is 2.38. The van der Waals surface area contributed by atoms with Gasteiger partial charge in [-0.3, -0.25) is 9.59 Å². The Morgan fingerprint density at radius 3 is 2.82 bits per heavy atom. The molecule has 2 aromatic carbocycles. The predicted molar refractivity (Wildman–Crippen MR) is 106 cm³/mol. The number of piperidine rings is 1. The van der Waals surface area contributed by atoms with E-state index in [-0.39, 0.29) is 30.3 Å². The lowest BCUT2D eigenvalue weighted by Gasteiger charge is -2.47. The van der Waals surface area contributed by atoms with Gasteiger partial charge in [0.15, 0.2) is 0 Å². The van der Waals surface area contributed by atoms with E-state index < -0.39 is 0 Å². The Kier molecular flexibility index (Phi) is 5.03. The summed E-state index contributed by atoms with van der Waals surface area (Å²) < 4.78 is 13.8. The molecule has 28 heavy (non-hydrogen) atoms. The van der Waals surface area contributed by atoms with Crippen LogP contribution in [0.5, 0.6) is 0 Å². The first-order valence-electron chi connectivity index (χ1n) is 9.83. The number of halogens is 1. The molecule has 1 fully saturated rings. The lowest BCUT2D eigenvalue weighted by molar-refractivity contribution is 0.0582. The molecule has 2 heterocycles. The van der Waals surface area contributed by atoms with Gasteiger partial charge in [0.1, 0.15) is 12.0 Å². The van der Waals surface area contributed by atoms with Gasteiger partial charge in [-0.1, -0.05) is 18.2 Å². The number of hydrogen-bond acceptors (Lipinski definition) is 3. The molecule has 0 bridgehead atoms. The Morgan fingerprint density at radius 2 is 2.04 bits per heavy atom. The highest BCUT2D eigenvalue weighted by Gasteiger charge is 2.38. The van der Waals surface area contributed by atoms with Crippen molar-refractivity contribution in [3.8, 4) is 0 Å². The topological polar surface area (TPSA) is 52.7 Å². The Balaban J connectivity index is 1.58. The number of hydrogen-bond donors (Lipinski definition) is 1. The number of fused-ring (bicyclic) bond motifs is 2. The first kappa shape index (κ1) is 18.5. The molecule has 0 aromatic heterocycles. The fourth-order valence-electron chi connectivity index (χ4n) is 4.18. The molecule has 2 aliphatic rings. The second-order valence-corrected chi connectivity index (χ2v) is 7.27. The van der Waals surface area contributed by atoms with Crippen LogP contribution in [0.25, 0.3) is 0 Å². The number of amides is 2. The Morgan fingerprint density at radius 1 is 1.21 bits per heavy atom. The van der Waals surface area contributed by atoms with Crippen molar-refractivity contribution < 1.29 is 14.0 Å². The molecule has 0 radical (unpaired) electrons. The number of rotatable bonds is 4. The first-order chi connectivity index (χ1) is 13.6. The van der Waals surface area contributed by atoms with Gasteiger partial charge in [0.05, 0.1) is 11.3 Å². The second-order valence-electron chi connectivity index (χ2n) is 7.27. The van der Waals surface area contributed by atoms with Crippen LogP contribution >= 0.6 is 0 Å². The number of nitrogens with one attached hydrogen (secondary N) is 1.